The minimum absolute atomic E-state index is 0.158. The van der Waals surface area contributed by atoms with E-state index >= 15 is 0 Å². The summed E-state index contributed by atoms with van der Waals surface area (Å²) in [5.74, 6) is 0.615. The molecule has 0 radical (unpaired) electrons. The number of aromatic nitrogens is 2. The summed E-state index contributed by atoms with van der Waals surface area (Å²) < 4.78 is 1.04. The lowest BCUT2D eigenvalue weighted by Gasteiger charge is -2.23. The van der Waals surface area contributed by atoms with Gasteiger partial charge in [0.15, 0.2) is 0 Å². The van der Waals surface area contributed by atoms with Crippen LogP contribution >= 0.6 is 31.9 Å². The van der Waals surface area contributed by atoms with Crippen LogP contribution in [0.25, 0.3) is 11.0 Å². The van der Waals surface area contributed by atoms with E-state index in [2.05, 4.69) is 61.7 Å². The summed E-state index contributed by atoms with van der Waals surface area (Å²) in [6.45, 7) is 4.45. The van der Waals surface area contributed by atoms with Crippen LogP contribution in [0.2, 0.25) is 0 Å². The molecule has 20 heavy (non-hydrogen) atoms. The van der Waals surface area contributed by atoms with Gasteiger partial charge in [-0.25, -0.2) is 4.79 Å². The number of fused-ring (bicyclic) bond motifs is 1. The van der Waals surface area contributed by atoms with Crippen molar-refractivity contribution < 1.29 is 0 Å². The van der Waals surface area contributed by atoms with Gasteiger partial charge in [0.2, 0.25) is 0 Å². The minimum atomic E-state index is -0.158. The van der Waals surface area contributed by atoms with E-state index in [1.54, 1.807) is 0 Å². The monoisotopic (exact) mass is 402 g/mol. The SMILES string of the molecule is CCCC(CCC)C(Br)c1cc2[nH]c(=O)[nH]c2cc1Br. The first kappa shape index (κ1) is 15.8. The quantitative estimate of drug-likeness (QED) is 0.634. The number of nitrogens with one attached hydrogen (secondary N) is 2. The van der Waals surface area contributed by atoms with Gasteiger partial charge in [-0.1, -0.05) is 58.5 Å². The molecule has 1 unspecified atom stereocenters. The summed E-state index contributed by atoms with van der Waals surface area (Å²) in [4.78, 5) is 17.3. The van der Waals surface area contributed by atoms with Gasteiger partial charge in [-0.3, -0.25) is 0 Å². The van der Waals surface area contributed by atoms with Crippen LogP contribution in [0.5, 0.6) is 0 Å². The van der Waals surface area contributed by atoms with E-state index in [1.807, 2.05) is 6.07 Å². The lowest BCUT2D eigenvalue weighted by Crippen LogP contribution is -2.08. The molecule has 2 rings (SSSR count). The molecule has 1 aromatic heterocycles. The van der Waals surface area contributed by atoms with E-state index in [0.29, 0.717) is 10.7 Å². The topological polar surface area (TPSA) is 48.6 Å². The number of hydrogen-bond donors (Lipinski definition) is 2. The highest BCUT2D eigenvalue weighted by molar-refractivity contribution is 9.11. The van der Waals surface area contributed by atoms with Crippen molar-refractivity contribution in [3.8, 4) is 0 Å². The zero-order chi connectivity index (χ0) is 14.7. The summed E-state index contributed by atoms with van der Waals surface area (Å²) in [5, 5.41) is 0. The first-order valence-corrected chi connectivity index (χ1v) is 8.83. The molecule has 5 heteroatoms. The van der Waals surface area contributed by atoms with Gasteiger partial charge < -0.3 is 9.97 Å². The van der Waals surface area contributed by atoms with Gasteiger partial charge in [-0.15, -0.1) is 0 Å². The smallest absolute Gasteiger partial charge is 0.306 e. The van der Waals surface area contributed by atoms with Crippen LogP contribution in [0.4, 0.5) is 0 Å². The van der Waals surface area contributed by atoms with Crippen molar-refractivity contribution in [2.75, 3.05) is 0 Å². The van der Waals surface area contributed by atoms with Crippen molar-refractivity contribution >= 4 is 42.9 Å². The molecule has 0 aliphatic rings. The Hall–Kier alpha value is -0.550. The molecular weight excluding hydrogens is 384 g/mol. The third-order valence-electron chi connectivity index (χ3n) is 3.66. The number of benzene rings is 1. The molecule has 1 atom stereocenters. The molecule has 0 spiro atoms. The maximum Gasteiger partial charge on any atom is 0.323 e. The number of H-pyrrole nitrogens is 2. The second kappa shape index (κ2) is 6.94. The van der Waals surface area contributed by atoms with Crippen molar-refractivity contribution in [3.63, 3.8) is 0 Å². The Balaban J connectivity index is 2.38. The van der Waals surface area contributed by atoms with Crippen LogP contribution in [0, 0.1) is 5.92 Å². The first-order chi connectivity index (χ1) is 9.56. The molecule has 0 aliphatic carbocycles. The molecule has 3 nitrogen and oxygen atoms in total. The Bertz CT molecular complexity index is 626. The Morgan fingerprint density at radius 3 is 2.20 bits per heavy atom. The second-order valence-corrected chi connectivity index (χ2v) is 7.08. The van der Waals surface area contributed by atoms with E-state index in [0.717, 1.165) is 15.5 Å². The fraction of sp³-hybridized carbons (Fsp3) is 0.533. The molecule has 0 saturated carbocycles. The zero-order valence-electron chi connectivity index (χ0n) is 11.8. The fourth-order valence-electron chi connectivity index (χ4n) is 2.72. The lowest BCUT2D eigenvalue weighted by molar-refractivity contribution is 0.434. The van der Waals surface area contributed by atoms with E-state index < -0.39 is 0 Å². The fourth-order valence-corrected chi connectivity index (χ4v) is 4.52. The molecule has 1 aromatic carbocycles. The predicted octanol–water partition coefficient (Wildman–Crippen LogP) is 5.27. The summed E-state index contributed by atoms with van der Waals surface area (Å²) in [6, 6.07) is 4.04. The van der Waals surface area contributed by atoms with Crippen molar-refractivity contribution in [1.82, 2.24) is 9.97 Å². The Morgan fingerprint density at radius 1 is 1.10 bits per heavy atom. The van der Waals surface area contributed by atoms with E-state index in [9.17, 15) is 4.79 Å². The lowest BCUT2D eigenvalue weighted by atomic mass is 9.91. The van der Waals surface area contributed by atoms with Gasteiger partial charge in [-0.05, 0) is 36.5 Å². The van der Waals surface area contributed by atoms with Gasteiger partial charge in [-0.2, -0.15) is 0 Å². The average Bonchev–Trinajstić information content (AvgIpc) is 2.76. The molecule has 0 fully saturated rings. The highest BCUT2D eigenvalue weighted by Crippen LogP contribution is 2.40. The number of halogens is 2. The first-order valence-electron chi connectivity index (χ1n) is 7.12. The maximum atomic E-state index is 11.4. The average molecular weight is 404 g/mol. The number of rotatable bonds is 6. The molecule has 0 bridgehead atoms. The summed E-state index contributed by atoms with van der Waals surface area (Å²) >= 11 is 7.50. The minimum Gasteiger partial charge on any atom is -0.306 e. The molecule has 2 N–H and O–H groups in total. The van der Waals surface area contributed by atoms with Crippen molar-refractivity contribution in [2.24, 2.45) is 5.92 Å². The highest BCUT2D eigenvalue weighted by atomic mass is 79.9. The van der Waals surface area contributed by atoms with Gasteiger partial charge in [0.25, 0.3) is 0 Å². The Morgan fingerprint density at radius 2 is 1.65 bits per heavy atom. The molecule has 0 aliphatic heterocycles. The van der Waals surface area contributed by atoms with Crippen molar-refractivity contribution in [3.05, 3.63) is 32.7 Å². The molecule has 1 heterocycles. The Labute approximate surface area is 135 Å². The van der Waals surface area contributed by atoms with Crippen molar-refractivity contribution in [2.45, 2.75) is 44.4 Å². The molecule has 110 valence electrons. The summed E-state index contributed by atoms with van der Waals surface area (Å²) in [7, 11) is 0. The standard InChI is InChI=1S/C15H20Br2N2O/c1-3-5-9(6-4-2)14(17)10-7-12-13(8-11(10)16)19-15(20)18-12/h7-9,14H,3-6H2,1-2H3,(H2,18,19,20). The third kappa shape index (κ3) is 3.37. The van der Waals surface area contributed by atoms with Gasteiger partial charge >= 0.3 is 5.69 Å². The van der Waals surface area contributed by atoms with Gasteiger partial charge in [0.1, 0.15) is 0 Å². The van der Waals surface area contributed by atoms with Crippen LogP contribution in [-0.2, 0) is 0 Å². The molecule has 0 amide bonds. The van der Waals surface area contributed by atoms with E-state index in [1.165, 1.54) is 31.2 Å². The van der Waals surface area contributed by atoms with Crippen LogP contribution in [-0.4, -0.2) is 9.97 Å². The van der Waals surface area contributed by atoms with Gasteiger partial charge in [0.05, 0.1) is 11.0 Å². The Kier molecular flexibility index (Phi) is 5.49. The highest BCUT2D eigenvalue weighted by Gasteiger charge is 2.22. The summed E-state index contributed by atoms with van der Waals surface area (Å²) in [6.07, 6.45) is 4.79. The zero-order valence-corrected chi connectivity index (χ0v) is 15.0. The van der Waals surface area contributed by atoms with Crippen LogP contribution in [0.3, 0.4) is 0 Å². The second-order valence-electron chi connectivity index (χ2n) is 5.24. The van der Waals surface area contributed by atoms with Crippen molar-refractivity contribution in [1.29, 1.82) is 0 Å². The van der Waals surface area contributed by atoms with Gasteiger partial charge in [0, 0.05) is 9.30 Å². The third-order valence-corrected chi connectivity index (χ3v) is 5.59. The molecule has 0 saturated heterocycles. The van der Waals surface area contributed by atoms with E-state index in [4.69, 9.17) is 0 Å². The largest absolute Gasteiger partial charge is 0.323 e. The predicted molar refractivity (Wildman–Crippen MR) is 91.6 cm³/mol. The summed E-state index contributed by atoms with van der Waals surface area (Å²) in [5.41, 5.74) is 2.76. The number of alkyl halides is 1. The molecule has 2 aromatic rings. The van der Waals surface area contributed by atoms with Crippen LogP contribution < -0.4 is 5.69 Å². The van der Waals surface area contributed by atoms with E-state index in [-0.39, 0.29) is 5.69 Å². The number of aromatic amines is 2. The maximum absolute atomic E-state index is 11.4. The number of imidazole rings is 1. The molecular formula is C15H20Br2N2O. The van der Waals surface area contributed by atoms with Crippen LogP contribution in [0.15, 0.2) is 21.4 Å². The normalized spacial score (nSPS) is 13.2. The van der Waals surface area contributed by atoms with Crippen LogP contribution in [0.1, 0.15) is 49.9 Å². The number of hydrogen-bond acceptors (Lipinski definition) is 1.